The van der Waals surface area contributed by atoms with Gasteiger partial charge in [-0.1, -0.05) is 109 Å². The lowest BCUT2D eigenvalue weighted by molar-refractivity contribution is 1.00. The second kappa shape index (κ2) is 10.3. The van der Waals surface area contributed by atoms with Crippen molar-refractivity contribution >= 4 is 55.4 Å². The number of pyridine rings is 1. The number of hydrogen-bond donors (Lipinski definition) is 2. The molecule has 204 valence electrons. The fourth-order valence-electron chi connectivity index (χ4n) is 6.21. The van der Waals surface area contributed by atoms with Gasteiger partial charge in [-0.3, -0.25) is 0 Å². The topological polar surface area (TPSA) is 61.1 Å². The van der Waals surface area contributed by atoms with Gasteiger partial charge >= 0.3 is 0 Å². The summed E-state index contributed by atoms with van der Waals surface area (Å²) in [5, 5.41) is 18.3. The van der Waals surface area contributed by atoms with Crippen molar-refractivity contribution in [1.29, 1.82) is 5.41 Å². The standard InChI is InChI=1S/C39H28N4/c40-33(26-12-2-1-3-13-26)24-36-30-17-6-8-19-34(30)42-39(43-36)28-15-10-14-27(23-28)38-32-22-21-25-11-4-5-16-29(25)37(32)31-18-7-9-20-35(31)41-38/h1-2,4-12,14-24,40H,3,13H2,(H,42,43)/b36-24-,40-33?. The molecule has 4 heteroatoms. The van der Waals surface area contributed by atoms with Crippen LogP contribution in [0.2, 0.25) is 0 Å². The Bertz CT molecular complexity index is 2220. The lowest BCUT2D eigenvalue weighted by Gasteiger charge is -2.22. The SMILES string of the molecule is N=C(/C=C1\NC(c2cccc(-c3nc4ccccc4c4c3ccc3ccccc34)c2)=Nc2ccccc21)C1=CC=CCC1. The van der Waals surface area contributed by atoms with Crippen molar-refractivity contribution in [3.8, 4) is 11.3 Å². The highest BCUT2D eigenvalue weighted by Crippen LogP contribution is 2.37. The van der Waals surface area contributed by atoms with Crippen molar-refractivity contribution in [1.82, 2.24) is 10.3 Å². The van der Waals surface area contributed by atoms with Gasteiger partial charge in [0.05, 0.1) is 28.3 Å². The minimum Gasteiger partial charge on any atom is -0.339 e. The van der Waals surface area contributed by atoms with E-state index in [9.17, 15) is 0 Å². The predicted molar refractivity (Wildman–Crippen MR) is 180 cm³/mol. The van der Waals surface area contributed by atoms with E-state index in [1.54, 1.807) is 0 Å². The van der Waals surface area contributed by atoms with E-state index in [1.807, 2.05) is 36.4 Å². The van der Waals surface area contributed by atoms with Gasteiger partial charge in [-0.05, 0) is 53.5 Å². The molecule has 0 atom stereocenters. The Hall–Kier alpha value is -5.61. The molecule has 5 aromatic carbocycles. The monoisotopic (exact) mass is 552 g/mol. The van der Waals surface area contributed by atoms with Crippen molar-refractivity contribution < 1.29 is 0 Å². The second-order valence-electron chi connectivity index (χ2n) is 11.0. The highest BCUT2D eigenvalue weighted by atomic mass is 15.0. The van der Waals surface area contributed by atoms with Crippen molar-refractivity contribution in [3.63, 3.8) is 0 Å². The molecule has 4 nitrogen and oxygen atoms in total. The van der Waals surface area contributed by atoms with Gasteiger partial charge in [-0.2, -0.15) is 0 Å². The summed E-state index contributed by atoms with van der Waals surface area (Å²) in [4.78, 5) is 10.2. The average molecular weight is 553 g/mol. The zero-order valence-corrected chi connectivity index (χ0v) is 23.5. The Labute approximate surface area is 250 Å². The number of aliphatic imine (C=N–C) groups is 1. The predicted octanol–water partition coefficient (Wildman–Crippen LogP) is 9.53. The molecule has 1 aromatic heterocycles. The fourth-order valence-corrected chi connectivity index (χ4v) is 6.21. The smallest absolute Gasteiger partial charge is 0.138 e. The summed E-state index contributed by atoms with van der Waals surface area (Å²) in [6.07, 6.45) is 10.0. The Balaban J connectivity index is 1.27. The third-order valence-corrected chi connectivity index (χ3v) is 8.33. The maximum Gasteiger partial charge on any atom is 0.138 e. The van der Waals surface area contributed by atoms with Gasteiger partial charge in [-0.15, -0.1) is 0 Å². The Kier molecular flexibility index (Phi) is 6.04. The van der Waals surface area contributed by atoms with Gasteiger partial charge in [0.15, 0.2) is 0 Å². The number of nitrogens with zero attached hydrogens (tertiary/aromatic N) is 2. The first kappa shape index (κ1) is 25.1. The number of benzene rings is 5. The van der Waals surface area contributed by atoms with Crippen molar-refractivity contribution in [2.24, 2.45) is 4.99 Å². The molecule has 1 aliphatic carbocycles. The van der Waals surface area contributed by atoms with Crippen molar-refractivity contribution in [2.45, 2.75) is 12.8 Å². The maximum absolute atomic E-state index is 8.81. The Morgan fingerprint density at radius 2 is 1.58 bits per heavy atom. The highest BCUT2D eigenvalue weighted by molar-refractivity contribution is 6.22. The van der Waals surface area contributed by atoms with Crippen molar-refractivity contribution in [2.75, 3.05) is 0 Å². The summed E-state index contributed by atoms with van der Waals surface area (Å²) in [6.45, 7) is 0. The van der Waals surface area contributed by atoms with E-state index < -0.39 is 0 Å². The van der Waals surface area contributed by atoms with E-state index >= 15 is 0 Å². The van der Waals surface area contributed by atoms with E-state index in [4.69, 9.17) is 15.4 Å². The van der Waals surface area contributed by atoms with Crippen LogP contribution >= 0.6 is 0 Å². The van der Waals surface area contributed by atoms with Gasteiger partial charge in [0.1, 0.15) is 5.84 Å². The minimum absolute atomic E-state index is 0.524. The number of para-hydroxylation sites is 2. The Morgan fingerprint density at radius 1 is 0.767 bits per heavy atom. The molecule has 0 amide bonds. The van der Waals surface area contributed by atoms with E-state index in [0.717, 1.165) is 74.3 Å². The number of nitrogens with one attached hydrogen (secondary N) is 2. The first-order chi connectivity index (χ1) is 21.2. The second-order valence-corrected chi connectivity index (χ2v) is 11.0. The molecule has 2 N–H and O–H groups in total. The molecule has 8 rings (SSSR count). The van der Waals surface area contributed by atoms with Gasteiger partial charge in [0.2, 0.25) is 0 Å². The van der Waals surface area contributed by atoms with Crippen LogP contribution in [0.5, 0.6) is 0 Å². The normalized spacial score (nSPS) is 15.3. The average Bonchev–Trinajstić information content (AvgIpc) is 3.08. The van der Waals surface area contributed by atoms with Crippen LogP contribution in [-0.2, 0) is 0 Å². The lowest BCUT2D eigenvalue weighted by atomic mass is 9.94. The number of rotatable bonds is 4. The fraction of sp³-hybridized carbons (Fsp3) is 0.0513. The van der Waals surface area contributed by atoms with Crippen LogP contribution in [-0.4, -0.2) is 16.5 Å². The summed E-state index contributed by atoms with van der Waals surface area (Å²) in [6, 6.07) is 37.9. The summed E-state index contributed by atoms with van der Waals surface area (Å²) in [5.74, 6) is 0.757. The summed E-state index contributed by atoms with van der Waals surface area (Å²) < 4.78 is 0. The molecule has 0 spiro atoms. The molecule has 43 heavy (non-hydrogen) atoms. The molecule has 0 radical (unpaired) electrons. The van der Waals surface area contributed by atoms with Gasteiger partial charge in [-0.25, -0.2) is 9.98 Å². The van der Waals surface area contributed by atoms with Crippen molar-refractivity contribution in [3.05, 3.63) is 150 Å². The summed E-state index contributed by atoms with van der Waals surface area (Å²) in [5.41, 5.74) is 8.26. The number of allylic oxidation sites excluding steroid dienone is 5. The molecule has 2 aliphatic rings. The van der Waals surface area contributed by atoms with Crippen LogP contribution in [0.4, 0.5) is 5.69 Å². The van der Waals surface area contributed by atoms with Crippen LogP contribution in [0.15, 0.2) is 144 Å². The Morgan fingerprint density at radius 3 is 2.49 bits per heavy atom. The van der Waals surface area contributed by atoms with Gasteiger partial charge in [0.25, 0.3) is 0 Å². The maximum atomic E-state index is 8.81. The third-order valence-electron chi connectivity index (χ3n) is 8.33. The van der Waals surface area contributed by atoms with Gasteiger partial charge < -0.3 is 10.7 Å². The molecule has 1 aliphatic heterocycles. The number of aromatic nitrogens is 1. The molecule has 6 aromatic rings. The number of hydrogen-bond acceptors (Lipinski definition) is 4. The zero-order valence-electron chi connectivity index (χ0n) is 23.5. The summed E-state index contributed by atoms with van der Waals surface area (Å²) >= 11 is 0. The van der Waals surface area contributed by atoms with E-state index in [-0.39, 0.29) is 0 Å². The number of amidine groups is 1. The van der Waals surface area contributed by atoms with E-state index in [2.05, 4.69) is 102 Å². The largest absolute Gasteiger partial charge is 0.339 e. The molecule has 0 saturated carbocycles. The quantitative estimate of drug-likeness (QED) is 0.169. The number of fused-ring (bicyclic) bond motifs is 6. The van der Waals surface area contributed by atoms with Crippen LogP contribution in [0.3, 0.4) is 0 Å². The van der Waals surface area contributed by atoms with Crippen LogP contribution < -0.4 is 5.32 Å². The molecule has 0 fully saturated rings. The minimum atomic E-state index is 0.524. The molecule has 0 unspecified atom stereocenters. The van der Waals surface area contributed by atoms with Gasteiger partial charge in [0, 0.05) is 32.8 Å². The van der Waals surface area contributed by atoms with Crippen LogP contribution in [0.25, 0.3) is 49.4 Å². The van der Waals surface area contributed by atoms with Crippen LogP contribution in [0, 0.1) is 5.41 Å². The van der Waals surface area contributed by atoms with E-state index in [1.165, 1.54) is 16.2 Å². The first-order valence-electron chi connectivity index (χ1n) is 14.7. The van der Waals surface area contributed by atoms with E-state index in [0.29, 0.717) is 5.71 Å². The highest BCUT2D eigenvalue weighted by Gasteiger charge is 2.20. The summed E-state index contributed by atoms with van der Waals surface area (Å²) in [7, 11) is 0. The molecule has 0 saturated heterocycles. The molecular formula is C39H28N4. The molecule has 0 bridgehead atoms. The zero-order chi connectivity index (χ0) is 28.8. The first-order valence-corrected chi connectivity index (χ1v) is 14.7. The lowest BCUT2D eigenvalue weighted by Crippen LogP contribution is -2.26. The van der Waals surface area contributed by atoms with Crippen LogP contribution in [0.1, 0.15) is 24.0 Å². The molecular weight excluding hydrogens is 524 g/mol. The molecule has 2 heterocycles. The third kappa shape index (κ3) is 4.45.